The van der Waals surface area contributed by atoms with Crippen molar-refractivity contribution in [2.75, 3.05) is 0 Å². The van der Waals surface area contributed by atoms with E-state index in [1.807, 2.05) is 36.4 Å². The van der Waals surface area contributed by atoms with Crippen LogP contribution in [0.25, 0.3) is 0 Å². The van der Waals surface area contributed by atoms with Gasteiger partial charge in [-0.25, -0.2) is 4.21 Å². The normalized spacial score (nSPS) is 30.7. The molecule has 1 saturated carbocycles. The van der Waals surface area contributed by atoms with Gasteiger partial charge in [-0.3, -0.25) is 0 Å². The summed E-state index contributed by atoms with van der Waals surface area (Å²) in [6.45, 7) is 0. The molecule has 5 heteroatoms. The Morgan fingerprint density at radius 1 is 1.15 bits per heavy atom. The van der Waals surface area contributed by atoms with Gasteiger partial charge in [-0.15, -0.1) is 0 Å². The summed E-state index contributed by atoms with van der Waals surface area (Å²) in [4.78, 5) is 11.5. The summed E-state index contributed by atoms with van der Waals surface area (Å²) in [6.07, 6.45) is 7.70. The van der Waals surface area contributed by atoms with Crippen molar-refractivity contribution < 1.29 is 13.6 Å². The Labute approximate surface area is 123 Å². The Hall–Kier alpha value is -0.753. The van der Waals surface area contributed by atoms with E-state index in [0.717, 1.165) is 24.4 Å². The van der Waals surface area contributed by atoms with Crippen molar-refractivity contribution >= 4 is 24.6 Å². The van der Waals surface area contributed by atoms with Crippen LogP contribution >= 0.6 is 0 Å². The van der Waals surface area contributed by atoms with Crippen molar-refractivity contribution in [3.8, 4) is 0 Å². The second-order valence-electron chi connectivity index (χ2n) is 5.81. The number of hydrogen-bond donors (Lipinski definition) is 2. The lowest BCUT2D eigenvalue weighted by molar-refractivity contribution is 0.495. The molecule has 4 unspecified atom stereocenters. The first-order valence-electron chi connectivity index (χ1n) is 7.18. The van der Waals surface area contributed by atoms with Crippen LogP contribution in [0.5, 0.6) is 0 Å². The summed E-state index contributed by atoms with van der Waals surface area (Å²) < 4.78 is 21.3. The molecule has 1 aromatic carbocycles. The predicted molar refractivity (Wildman–Crippen MR) is 83.7 cm³/mol. The lowest BCUT2D eigenvalue weighted by atomic mass is 10.1. The van der Waals surface area contributed by atoms with E-state index >= 15 is 0 Å². The molecular weight excluding hydrogens is 288 g/mol. The first kappa shape index (κ1) is 14.2. The first-order chi connectivity index (χ1) is 9.64. The van der Waals surface area contributed by atoms with Crippen LogP contribution in [0.1, 0.15) is 25.7 Å². The molecule has 3 rings (SSSR count). The van der Waals surface area contributed by atoms with Crippen LogP contribution in [-0.2, 0) is 11.1 Å². The van der Waals surface area contributed by atoms with Gasteiger partial charge in [-0.1, -0.05) is 55.3 Å². The van der Waals surface area contributed by atoms with Crippen LogP contribution in [0.4, 0.5) is 0 Å². The number of rotatable bonds is 4. The Morgan fingerprint density at radius 3 is 2.45 bits per heavy atom. The zero-order valence-corrected chi connectivity index (χ0v) is 13.1. The quantitative estimate of drug-likeness (QED) is 0.510. The van der Waals surface area contributed by atoms with Gasteiger partial charge in [-0.2, -0.15) is 0 Å². The second kappa shape index (κ2) is 5.56. The molecule has 2 N–H and O–H groups in total. The molecule has 1 fully saturated rings. The van der Waals surface area contributed by atoms with E-state index in [-0.39, 0.29) is 10.8 Å². The molecule has 0 heterocycles. The van der Waals surface area contributed by atoms with Crippen LogP contribution in [-0.4, -0.2) is 27.1 Å². The van der Waals surface area contributed by atoms with Crippen LogP contribution in [0.2, 0.25) is 11.1 Å². The molecule has 2 aliphatic rings. The highest BCUT2D eigenvalue weighted by molar-refractivity contribution is 7.80. The predicted octanol–water partition coefficient (Wildman–Crippen LogP) is 2.31. The van der Waals surface area contributed by atoms with E-state index in [0.29, 0.717) is 12.0 Å². The van der Waals surface area contributed by atoms with E-state index < -0.39 is 19.4 Å². The number of hydrogen-bond acceptors (Lipinski definition) is 2. The monoisotopic (exact) mass is 308 g/mol. The van der Waals surface area contributed by atoms with E-state index in [1.54, 1.807) is 0 Å². The van der Waals surface area contributed by atoms with Crippen LogP contribution in [0.15, 0.2) is 42.5 Å². The van der Waals surface area contributed by atoms with Crippen LogP contribution in [0, 0.1) is 0 Å². The maximum absolute atomic E-state index is 11.7. The summed E-state index contributed by atoms with van der Waals surface area (Å²) >= 11 is -1.87. The van der Waals surface area contributed by atoms with E-state index in [9.17, 15) is 13.6 Å². The van der Waals surface area contributed by atoms with Crippen molar-refractivity contribution in [1.29, 1.82) is 0 Å². The molecule has 0 bridgehead atoms. The third-order valence-corrected chi connectivity index (χ3v) is 10.5. The Bertz CT molecular complexity index is 529. The molecule has 1 aromatic rings. The van der Waals surface area contributed by atoms with Crippen molar-refractivity contribution in [3.05, 3.63) is 42.5 Å². The Morgan fingerprint density at radius 2 is 1.85 bits per heavy atom. The molecule has 4 atom stereocenters. The van der Waals surface area contributed by atoms with Gasteiger partial charge < -0.3 is 9.35 Å². The van der Waals surface area contributed by atoms with Gasteiger partial charge in [-0.05, 0) is 23.6 Å². The average Bonchev–Trinajstić information content (AvgIpc) is 3.32. The van der Waals surface area contributed by atoms with Gasteiger partial charge in [0, 0.05) is 5.54 Å². The standard InChI is InChI=1S/C15H20O3SSi/c16-19(17)14-8-4-5-9-15(14)20(18,13-10-11-13)12-6-2-1-3-7-12/h1-3,5-7,9,13-15,18H,4,8,10-11H2,(H,16,17). The fourth-order valence-corrected chi connectivity index (χ4v) is 9.38. The summed E-state index contributed by atoms with van der Waals surface area (Å²) in [7, 11) is -2.76. The van der Waals surface area contributed by atoms with Gasteiger partial charge in [0.15, 0.2) is 11.1 Å². The van der Waals surface area contributed by atoms with E-state index in [1.165, 1.54) is 0 Å². The van der Waals surface area contributed by atoms with Gasteiger partial charge >= 0.3 is 0 Å². The topological polar surface area (TPSA) is 57.5 Å². The third-order valence-electron chi connectivity index (χ3n) is 4.56. The molecule has 0 aliphatic heterocycles. The fourth-order valence-electron chi connectivity index (χ4n) is 3.39. The van der Waals surface area contributed by atoms with Crippen molar-refractivity contribution in [2.24, 2.45) is 0 Å². The summed E-state index contributed by atoms with van der Waals surface area (Å²) in [6, 6.07) is 9.83. The van der Waals surface area contributed by atoms with Crippen molar-refractivity contribution in [1.82, 2.24) is 0 Å². The zero-order chi connectivity index (χ0) is 14.2. The molecule has 0 radical (unpaired) electrons. The highest BCUT2D eigenvalue weighted by atomic mass is 32.2. The highest BCUT2D eigenvalue weighted by Gasteiger charge is 2.55. The highest BCUT2D eigenvalue weighted by Crippen LogP contribution is 2.51. The molecule has 0 spiro atoms. The third kappa shape index (κ3) is 2.43. The molecule has 20 heavy (non-hydrogen) atoms. The first-order valence-corrected chi connectivity index (χ1v) is 10.5. The molecule has 0 aromatic heterocycles. The van der Waals surface area contributed by atoms with Crippen molar-refractivity contribution in [2.45, 2.75) is 42.0 Å². The fraction of sp³-hybridized carbons (Fsp3) is 0.467. The summed E-state index contributed by atoms with van der Waals surface area (Å²) in [5, 5.41) is 0.687. The van der Waals surface area contributed by atoms with Gasteiger partial charge in [0.05, 0.1) is 5.25 Å². The smallest absolute Gasteiger partial charge is 0.231 e. The number of allylic oxidation sites excluding steroid dienone is 2. The van der Waals surface area contributed by atoms with Gasteiger partial charge in [0.25, 0.3) is 0 Å². The average molecular weight is 308 g/mol. The molecular formula is C15H20O3SSi. The molecule has 108 valence electrons. The second-order valence-corrected chi connectivity index (χ2v) is 10.7. The SMILES string of the molecule is O=S(O)C1CCC=CC1[Si](O)(c1ccccc1)C1CC1. The minimum atomic E-state index is -2.76. The van der Waals surface area contributed by atoms with Crippen LogP contribution in [0.3, 0.4) is 0 Å². The summed E-state index contributed by atoms with van der Waals surface area (Å²) in [5.41, 5.74) is 0.195. The molecule has 0 amide bonds. The lowest BCUT2D eigenvalue weighted by Gasteiger charge is -2.38. The Kier molecular flexibility index (Phi) is 3.95. The van der Waals surface area contributed by atoms with Crippen molar-refractivity contribution in [3.63, 3.8) is 0 Å². The van der Waals surface area contributed by atoms with Gasteiger partial charge in [0.2, 0.25) is 8.32 Å². The van der Waals surface area contributed by atoms with Gasteiger partial charge in [0.1, 0.15) is 0 Å². The summed E-state index contributed by atoms with van der Waals surface area (Å²) in [5.74, 6) is 0. The van der Waals surface area contributed by atoms with E-state index in [4.69, 9.17) is 0 Å². The zero-order valence-electron chi connectivity index (χ0n) is 11.3. The minimum Gasteiger partial charge on any atom is -0.427 e. The largest absolute Gasteiger partial charge is 0.427 e. The Balaban J connectivity index is 2.03. The molecule has 2 aliphatic carbocycles. The molecule has 3 nitrogen and oxygen atoms in total. The van der Waals surface area contributed by atoms with Crippen LogP contribution < -0.4 is 5.19 Å². The maximum atomic E-state index is 11.7. The van der Waals surface area contributed by atoms with E-state index in [2.05, 4.69) is 6.08 Å². The number of benzene rings is 1. The molecule has 0 saturated heterocycles. The lowest BCUT2D eigenvalue weighted by Crippen LogP contribution is -2.56. The maximum Gasteiger partial charge on any atom is 0.231 e. The minimum absolute atomic E-state index is 0.142.